The summed E-state index contributed by atoms with van der Waals surface area (Å²) < 4.78 is 0. The van der Waals surface area contributed by atoms with Gasteiger partial charge in [-0.25, -0.2) is 0 Å². The maximum atomic E-state index is 13.7. The standard InChI is InChI=1S/C20H17ClN4O3S/c1-12(26)22-19-23-25(13(2)27)20(29-19)15-8-4-6-10-17(15)24(18(20)28)11-14-7-3-5-9-16(14)21/h3-10H,11H2,1-2H3,(H,22,23,26)/t20-/m1/s1. The van der Waals surface area contributed by atoms with E-state index in [1.54, 1.807) is 17.0 Å². The molecule has 9 heteroatoms. The van der Waals surface area contributed by atoms with Gasteiger partial charge in [-0.15, -0.1) is 5.10 Å². The second-order valence-electron chi connectivity index (χ2n) is 6.66. The van der Waals surface area contributed by atoms with Crippen molar-refractivity contribution < 1.29 is 14.4 Å². The van der Waals surface area contributed by atoms with Crippen molar-refractivity contribution in [1.82, 2.24) is 10.3 Å². The second-order valence-corrected chi connectivity index (χ2v) is 8.25. The summed E-state index contributed by atoms with van der Waals surface area (Å²) in [4.78, 5) is 37.9. The topological polar surface area (TPSA) is 82.1 Å². The Bertz CT molecular complexity index is 1070. The summed E-state index contributed by atoms with van der Waals surface area (Å²) in [5.41, 5.74) is 2.10. The van der Waals surface area contributed by atoms with Gasteiger partial charge in [-0.3, -0.25) is 14.4 Å². The monoisotopic (exact) mass is 428 g/mol. The summed E-state index contributed by atoms with van der Waals surface area (Å²) >= 11 is 7.36. The highest BCUT2D eigenvalue weighted by atomic mass is 35.5. The summed E-state index contributed by atoms with van der Waals surface area (Å²) in [6.45, 7) is 2.94. The first-order valence-corrected chi connectivity index (χ1v) is 10.0. The van der Waals surface area contributed by atoms with Crippen LogP contribution < -0.4 is 10.2 Å². The molecule has 0 bridgehead atoms. The molecule has 2 aliphatic rings. The van der Waals surface area contributed by atoms with Crippen LogP contribution >= 0.6 is 23.4 Å². The molecule has 1 atom stereocenters. The van der Waals surface area contributed by atoms with Crippen molar-refractivity contribution in [1.29, 1.82) is 0 Å². The fourth-order valence-electron chi connectivity index (χ4n) is 3.52. The zero-order chi connectivity index (χ0) is 20.8. The van der Waals surface area contributed by atoms with Crippen LogP contribution in [-0.2, 0) is 25.8 Å². The third-order valence-electron chi connectivity index (χ3n) is 4.70. The molecule has 0 aromatic heterocycles. The number of benzene rings is 2. The molecule has 0 saturated carbocycles. The highest BCUT2D eigenvalue weighted by Gasteiger charge is 2.61. The number of carbonyl (C=O) groups excluding carboxylic acids is 3. The highest BCUT2D eigenvalue weighted by molar-refractivity contribution is 8.15. The van der Waals surface area contributed by atoms with E-state index in [2.05, 4.69) is 10.4 Å². The number of nitrogens with one attached hydrogen (secondary N) is 1. The maximum absolute atomic E-state index is 13.7. The summed E-state index contributed by atoms with van der Waals surface area (Å²) in [6, 6.07) is 14.6. The number of hydrazone groups is 1. The Labute approximate surface area is 176 Å². The van der Waals surface area contributed by atoms with Crippen molar-refractivity contribution in [3.8, 4) is 0 Å². The van der Waals surface area contributed by atoms with Gasteiger partial charge in [0.1, 0.15) is 0 Å². The number of fused-ring (bicyclic) bond motifs is 2. The Morgan fingerprint density at radius 2 is 1.83 bits per heavy atom. The molecule has 2 aromatic carbocycles. The number of amides is 3. The van der Waals surface area contributed by atoms with Crippen LogP contribution in [0.2, 0.25) is 5.02 Å². The smallest absolute Gasteiger partial charge is 0.271 e. The lowest BCUT2D eigenvalue weighted by Crippen LogP contribution is -2.48. The van der Waals surface area contributed by atoms with E-state index in [4.69, 9.17) is 11.6 Å². The molecule has 1 N–H and O–H groups in total. The molecule has 4 rings (SSSR count). The Morgan fingerprint density at radius 1 is 1.14 bits per heavy atom. The molecule has 0 radical (unpaired) electrons. The Kier molecular flexibility index (Phi) is 4.84. The van der Waals surface area contributed by atoms with E-state index in [1.165, 1.54) is 13.8 Å². The zero-order valence-corrected chi connectivity index (χ0v) is 17.3. The van der Waals surface area contributed by atoms with Crippen LogP contribution in [0.15, 0.2) is 53.6 Å². The molecule has 7 nitrogen and oxygen atoms in total. The first-order valence-electron chi connectivity index (χ1n) is 8.85. The zero-order valence-electron chi connectivity index (χ0n) is 15.7. The van der Waals surface area contributed by atoms with Gasteiger partial charge >= 0.3 is 0 Å². The minimum absolute atomic E-state index is 0.204. The van der Waals surface area contributed by atoms with Gasteiger partial charge in [0.05, 0.1) is 12.2 Å². The second kappa shape index (κ2) is 7.20. The molecule has 0 unspecified atom stereocenters. The van der Waals surface area contributed by atoms with E-state index < -0.39 is 10.8 Å². The minimum atomic E-state index is -1.40. The number of hydrogen-bond acceptors (Lipinski definition) is 5. The van der Waals surface area contributed by atoms with Crippen LogP contribution in [-0.4, -0.2) is 27.9 Å². The van der Waals surface area contributed by atoms with E-state index in [-0.39, 0.29) is 23.5 Å². The maximum Gasteiger partial charge on any atom is 0.271 e. The fourth-order valence-corrected chi connectivity index (χ4v) is 5.05. The van der Waals surface area contributed by atoms with Crippen molar-refractivity contribution in [3.63, 3.8) is 0 Å². The molecule has 0 aliphatic carbocycles. The van der Waals surface area contributed by atoms with Gasteiger partial charge in [0.2, 0.25) is 16.7 Å². The van der Waals surface area contributed by atoms with Gasteiger partial charge in [0.15, 0.2) is 5.17 Å². The third kappa shape index (κ3) is 3.08. The van der Waals surface area contributed by atoms with Crippen LogP contribution in [0.5, 0.6) is 0 Å². The molecule has 2 heterocycles. The van der Waals surface area contributed by atoms with Gasteiger partial charge in [-0.05, 0) is 29.5 Å². The number of carbonyl (C=O) groups is 3. The van der Waals surface area contributed by atoms with Crippen LogP contribution in [0.1, 0.15) is 25.0 Å². The summed E-state index contributed by atoms with van der Waals surface area (Å²) in [6.07, 6.45) is 0. The Hall–Kier alpha value is -2.84. The molecular formula is C20H17ClN4O3S. The molecule has 2 aliphatic heterocycles. The Balaban J connectivity index is 1.81. The van der Waals surface area contributed by atoms with E-state index >= 15 is 0 Å². The lowest BCUT2D eigenvalue weighted by atomic mass is 10.1. The molecular weight excluding hydrogens is 412 g/mol. The number of nitrogens with zero attached hydrogens (tertiary/aromatic N) is 3. The summed E-state index contributed by atoms with van der Waals surface area (Å²) in [7, 11) is 0. The van der Waals surface area contributed by atoms with Gasteiger partial charge in [0.25, 0.3) is 5.91 Å². The number of para-hydroxylation sites is 1. The highest BCUT2D eigenvalue weighted by Crippen LogP contribution is 2.54. The predicted octanol–water partition coefficient (Wildman–Crippen LogP) is 3.04. The van der Waals surface area contributed by atoms with E-state index in [1.807, 2.05) is 36.4 Å². The van der Waals surface area contributed by atoms with E-state index in [0.717, 1.165) is 22.3 Å². The number of anilines is 1. The normalized spacial score (nSPS) is 20.1. The van der Waals surface area contributed by atoms with Crippen molar-refractivity contribution >= 4 is 51.9 Å². The van der Waals surface area contributed by atoms with Gasteiger partial charge in [-0.1, -0.05) is 48.0 Å². The van der Waals surface area contributed by atoms with Gasteiger partial charge in [0, 0.05) is 24.4 Å². The molecule has 1 spiro atoms. The molecule has 29 heavy (non-hydrogen) atoms. The predicted molar refractivity (Wildman–Crippen MR) is 112 cm³/mol. The number of hydrogen-bond donors (Lipinski definition) is 1. The van der Waals surface area contributed by atoms with Crippen molar-refractivity contribution in [3.05, 3.63) is 64.7 Å². The van der Waals surface area contributed by atoms with Crippen LogP contribution in [0.4, 0.5) is 5.69 Å². The number of thioether (sulfide) groups is 1. The van der Waals surface area contributed by atoms with Crippen molar-refractivity contribution in [2.45, 2.75) is 25.3 Å². The lowest BCUT2D eigenvalue weighted by Gasteiger charge is -2.29. The quantitative estimate of drug-likeness (QED) is 0.797. The average molecular weight is 429 g/mol. The number of amidine groups is 1. The molecule has 0 saturated heterocycles. The number of halogens is 1. The lowest BCUT2D eigenvalue weighted by molar-refractivity contribution is -0.139. The molecule has 2 aromatic rings. The Morgan fingerprint density at radius 3 is 2.52 bits per heavy atom. The minimum Gasteiger partial charge on any atom is -0.304 e. The fraction of sp³-hybridized carbons (Fsp3) is 0.200. The summed E-state index contributed by atoms with van der Waals surface area (Å²) in [5.74, 6) is -1.05. The van der Waals surface area contributed by atoms with Gasteiger partial charge < -0.3 is 10.2 Å². The van der Waals surface area contributed by atoms with Crippen molar-refractivity contribution in [2.24, 2.45) is 5.10 Å². The van der Waals surface area contributed by atoms with Crippen LogP contribution in [0, 0.1) is 0 Å². The summed E-state index contributed by atoms with van der Waals surface area (Å²) in [5, 5.41) is 8.73. The van der Waals surface area contributed by atoms with Crippen LogP contribution in [0.25, 0.3) is 0 Å². The van der Waals surface area contributed by atoms with E-state index in [0.29, 0.717) is 16.3 Å². The van der Waals surface area contributed by atoms with Crippen molar-refractivity contribution in [2.75, 3.05) is 4.90 Å². The van der Waals surface area contributed by atoms with E-state index in [9.17, 15) is 14.4 Å². The number of rotatable bonds is 2. The first-order chi connectivity index (χ1) is 13.8. The molecule has 0 fully saturated rings. The van der Waals surface area contributed by atoms with Crippen LogP contribution in [0.3, 0.4) is 0 Å². The SMILES string of the molecule is CC(=O)NC1=NN(C(C)=O)[C@]2(S1)C(=O)N(Cc1ccccc1Cl)c1ccccc12. The molecule has 3 amide bonds. The average Bonchev–Trinajstić information content (AvgIpc) is 3.16. The third-order valence-corrected chi connectivity index (χ3v) is 6.30. The largest absolute Gasteiger partial charge is 0.304 e. The van der Waals surface area contributed by atoms with Gasteiger partial charge in [-0.2, -0.15) is 5.01 Å². The first kappa shape index (κ1) is 19.5. The molecule has 148 valence electrons.